The fourth-order valence-electron chi connectivity index (χ4n) is 1.40. The number of carbonyl (C=O) groups excluding carboxylic acids is 1. The molecule has 0 aromatic heterocycles. The molecule has 19 heavy (non-hydrogen) atoms. The Hall–Kier alpha value is -1.20. The van der Waals surface area contributed by atoms with Gasteiger partial charge in [-0.25, -0.2) is 4.79 Å². The first-order valence-corrected chi connectivity index (χ1v) is 7.15. The summed E-state index contributed by atoms with van der Waals surface area (Å²) in [5.74, 6) is -1.30. The van der Waals surface area contributed by atoms with Crippen molar-refractivity contribution in [1.82, 2.24) is 5.32 Å². The molecule has 104 valence electrons. The minimum Gasteiger partial charge on any atom is -0.480 e. The van der Waals surface area contributed by atoms with E-state index in [0.717, 1.165) is 4.90 Å². The van der Waals surface area contributed by atoms with E-state index in [1.165, 1.54) is 11.8 Å². The Labute approximate surface area is 121 Å². The summed E-state index contributed by atoms with van der Waals surface area (Å²) in [6.45, 7) is 3.46. The Morgan fingerprint density at radius 3 is 2.42 bits per heavy atom. The summed E-state index contributed by atoms with van der Waals surface area (Å²) >= 11 is 7.14. The third kappa shape index (κ3) is 5.12. The van der Waals surface area contributed by atoms with E-state index in [9.17, 15) is 9.59 Å². The zero-order valence-electron chi connectivity index (χ0n) is 10.7. The molecule has 4 nitrogen and oxygen atoms in total. The van der Waals surface area contributed by atoms with Gasteiger partial charge in [-0.15, -0.1) is 11.8 Å². The Balaban J connectivity index is 2.57. The first-order chi connectivity index (χ1) is 8.93. The highest BCUT2D eigenvalue weighted by Crippen LogP contribution is 2.24. The maximum Gasteiger partial charge on any atom is 0.326 e. The average Bonchev–Trinajstić information content (AvgIpc) is 2.37. The minimum absolute atomic E-state index is 0.283. The third-order valence-electron chi connectivity index (χ3n) is 2.52. The lowest BCUT2D eigenvalue weighted by Gasteiger charge is -2.16. The van der Waals surface area contributed by atoms with Gasteiger partial charge in [-0.05, 0) is 37.6 Å². The second-order valence-corrected chi connectivity index (χ2v) is 5.87. The van der Waals surface area contributed by atoms with Crippen molar-refractivity contribution < 1.29 is 14.7 Å². The van der Waals surface area contributed by atoms with Crippen molar-refractivity contribution >= 4 is 35.2 Å². The lowest BCUT2D eigenvalue weighted by Crippen LogP contribution is -2.43. The lowest BCUT2D eigenvalue weighted by atomic mass is 10.2. The molecule has 0 aliphatic carbocycles. The van der Waals surface area contributed by atoms with Crippen LogP contribution in [0.1, 0.15) is 20.3 Å². The molecule has 1 rings (SSSR count). The van der Waals surface area contributed by atoms with Gasteiger partial charge in [-0.2, -0.15) is 0 Å². The van der Waals surface area contributed by atoms with Crippen LogP contribution in [-0.4, -0.2) is 28.3 Å². The van der Waals surface area contributed by atoms with Crippen molar-refractivity contribution in [1.29, 1.82) is 0 Å². The summed E-state index contributed by atoms with van der Waals surface area (Å²) in [7, 11) is 0. The number of nitrogens with one attached hydrogen (secondary N) is 1. The van der Waals surface area contributed by atoms with Crippen molar-refractivity contribution in [3.63, 3.8) is 0 Å². The number of hydrogen-bond donors (Lipinski definition) is 2. The third-order valence-corrected chi connectivity index (χ3v) is 3.88. The topological polar surface area (TPSA) is 66.4 Å². The molecule has 0 saturated heterocycles. The van der Waals surface area contributed by atoms with Gasteiger partial charge < -0.3 is 10.4 Å². The van der Waals surface area contributed by atoms with Crippen LogP contribution in [-0.2, 0) is 9.59 Å². The molecular weight excluding hydrogens is 286 g/mol. The highest BCUT2D eigenvalue weighted by Gasteiger charge is 2.21. The molecule has 0 aliphatic rings. The summed E-state index contributed by atoms with van der Waals surface area (Å²) in [6.07, 6.45) is 0.361. The van der Waals surface area contributed by atoms with Crippen molar-refractivity contribution in [2.45, 2.75) is 36.5 Å². The maximum atomic E-state index is 11.9. The molecule has 0 saturated carbocycles. The van der Waals surface area contributed by atoms with Gasteiger partial charge >= 0.3 is 5.97 Å². The largest absolute Gasteiger partial charge is 0.480 e. The number of hydrogen-bond acceptors (Lipinski definition) is 3. The predicted molar refractivity (Wildman–Crippen MR) is 76.6 cm³/mol. The number of carboxylic acids is 1. The second-order valence-electron chi connectivity index (χ2n) is 4.02. The molecule has 0 spiro atoms. The van der Waals surface area contributed by atoms with Crippen LogP contribution in [0.4, 0.5) is 0 Å². The van der Waals surface area contributed by atoms with Gasteiger partial charge in [0.2, 0.25) is 5.91 Å². The van der Waals surface area contributed by atoms with E-state index < -0.39 is 12.0 Å². The van der Waals surface area contributed by atoms with Crippen LogP contribution >= 0.6 is 23.4 Å². The van der Waals surface area contributed by atoms with Gasteiger partial charge in [-0.1, -0.05) is 18.5 Å². The van der Waals surface area contributed by atoms with Gasteiger partial charge in [0.15, 0.2) is 0 Å². The number of aliphatic carboxylic acids is 1. The highest BCUT2D eigenvalue weighted by molar-refractivity contribution is 8.00. The van der Waals surface area contributed by atoms with E-state index >= 15 is 0 Å². The molecule has 6 heteroatoms. The molecule has 0 bridgehead atoms. The molecule has 1 aromatic carbocycles. The van der Waals surface area contributed by atoms with Crippen LogP contribution in [0.5, 0.6) is 0 Å². The zero-order chi connectivity index (χ0) is 14.4. The smallest absolute Gasteiger partial charge is 0.326 e. The van der Waals surface area contributed by atoms with Crippen molar-refractivity contribution in [2.24, 2.45) is 0 Å². The van der Waals surface area contributed by atoms with E-state index in [1.807, 2.05) is 12.1 Å². The predicted octanol–water partition coefficient (Wildman–Crippen LogP) is 2.80. The molecule has 1 aromatic rings. The Morgan fingerprint density at radius 2 is 1.95 bits per heavy atom. The number of amides is 1. The first kappa shape index (κ1) is 15.9. The van der Waals surface area contributed by atoms with Gasteiger partial charge in [0.25, 0.3) is 0 Å². The van der Waals surface area contributed by atoms with Crippen LogP contribution in [0, 0.1) is 0 Å². The van der Waals surface area contributed by atoms with Crippen LogP contribution in [0.2, 0.25) is 5.02 Å². The molecular formula is C13H16ClNO3S. The first-order valence-electron chi connectivity index (χ1n) is 5.89. The highest BCUT2D eigenvalue weighted by atomic mass is 35.5. The van der Waals surface area contributed by atoms with E-state index in [2.05, 4.69) is 5.32 Å². The van der Waals surface area contributed by atoms with E-state index in [-0.39, 0.29) is 11.2 Å². The van der Waals surface area contributed by atoms with Crippen LogP contribution in [0.3, 0.4) is 0 Å². The van der Waals surface area contributed by atoms with Crippen LogP contribution in [0.15, 0.2) is 29.2 Å². The normalized spacial score (nSPS) is 13.6. The molecule has 0 heterocycles. The summed E-state index contributed by atoms with van der Waals surface area (Å²) in [5, 5.41) is 11.7. The summed E-state index contributed by atoms with van der Waals surface area (Å²) in [6, 6.07) is 6.32. The zero-order valence-corrected chi connectivity index (χ0v) is 12.3. The Morgan fingerprint density at radius 1 is 1.37 bits per heavy atom. The molecule has 0 fully saturated rings. The maximum absolute atomic E-state index is 11.9. The average molecular weight is 302 g/mol. The van der Waals surface area contributed by atoms with Gasteiger partial charge in [0.1, 0.15) is 6.04 Å². The monoisotopic (exact) mass is 301 g/mol. The molecule has 2 N–H and O–H groups in total. The van der Waals surface area contributed by atoms with Crippen molar-refractivity contribution in [2.75, 3.05) is 0 Å². The number of benzene rings is 1. The molecule has 0 radical (unpaired) electrons. The second kappa shape index (κ2) is 7.40. The fraction of sp³-hybridized carbons (Fsp3) is 0.385. The standard InChI is InChI=1S/C13H16ClNO3S/c1-3-11(13(17)18)15-12(16)8(2)19-10-6-4-9(14)5-7-10/h4-8,11H,3H2,1-2H3,(H,15,16)(H,17,18)/t8?,11-/m1/s1. The molecule has 1 amide bonds. The van der Waals surface area contributed by atoms with Gasteiger partial charge in [0.05, 0.1) is 5.25 Å². The minimum atomic E-state index is -1.01. The number of rotatable bonds is 6. The van der Waals surface area contributed by atoms with Gasteiger partial charge in [-0.3, -0.25) is 4.79 Å². The Kier molecular flexibility index (Phi) is 6.18. The van der Waals surface area contributed by atoms with Crippen LogP contribution in [0.25, 0.3) is 0 Å². The molecule has 2 atom stereocenters. The van der Waals surface area contributed by atoms with E-state index in [0.29, 0.717) is 11.4 Å². The van der Waals surface area contributed by atoms with E-state index in [4.69, 9.17) is 16.7 Å². The number of carbonyl (C=O) groups is 2. The van der Waals surface area contributed by atoms with E-state index in [1.54, 1.807) is 26.0 Å². The summed E-state index contributed by atoms with van der Waals surface area (Å²) in [5.41, 5.74) is 0. The summed E-state index contributed by atoms with van der Waals surface area (Å²) in [4.78, 5) is 23.6. The Bertz CT molecular complexity index is 450. The number of thioether (sulfide) groups is 1. The lowest BCUT2D eigenvalue weighted by molar-refractivity contribution is -0.141. The van der Waals surface area contributed by atoms with Crippen molar-refractivity contribution in [3.05, 3.63) is 29.3 Å². The van der Waals surface area contributed by atoms with Gasteiger partial charge in [0, 0.05) is 9.92 Å². The fourth-order valence-corrected chi connectivity index (χ4v) is 2.40. The number of carboxylic acid groups (broad SMARTS) is 1. The van der Waals surface area contributed by atoms with Crippen LogP contribution < -0.4 is 5.32 Å². The molecule has 0 aliphatic heterocycles. The quantitative estimate of drug-likeness (QED) is 0.793. The summed E-state index contributed by atoms with van der Waals surface area (Å²) < 4.78 is 0. The molecule has 1 unspecified atom stereocenters. The number of halogens is 1. The van der Waals surface area contributed by atoms with Crippen molar-refractivity contribution in [3.8, 4) is 0 Å². The SMILES string of the molecule is CC[C@@H](NC(=O)C(C)Sc1ccc(Cl)cc1)C(=O)O.